The number of benzene rings is 1. The van der Waals surface area contributed by atoms with Crippen LogP contribution < -0.4 is 5.73 Å². The van der Waals surface area contributed by atoms with Gasteiger partial charge in [0, 0.05) is 16.6 Å². The van der Waals surface area contributed by atoms with Crippen LogP contribution in [0.4, 0.5) is 8.78 Å². The molecule has 0 aliphatic heterocycles. The first kappa shape index (κ1) is 11.8. The zero-order valence-electron chi connectivity index (χ0n) is 8.85. The van der Waals surface area contributed by atoms with Crippen molar-refractivity contribution in [3.05, 3.63) is 34.6 Å². The Morgan fingerprint density at radius 2 is 1.94 bits per heavy atom. The van der Waals surface area contributed by atoms with Gasteiger partial charge >= 0.3 is 0 Å². The lowest BCUT2D eigenvalue weighted by Gasteiger charge is -2.33. The van der Waals surface area contributed by atoms with Gasteiger partial charge in [0.05, 0.1) is 0 Å². The Morgan fingerprint density at radius 1 is 1.31 bits per heavy atom. The first-order valence-electron chi connectivity index (χ1n) is 5.41. The summed E-state index contributed by atoms with van der Waals surface area (Å²) >= 11 is 5.64. The SMILES string of the molecule is NC1CCC(F)(c2ccc(Cl)cc2F)CC1. The Labute approximate surface area is 98.6 Å². The van der Waals surface area contributed by atoms with Crippen LogP contribution in [-0.2, 0) is 5.67 Å². The molecule has 2 N–H and O–H groups in total. The fraction of sp³-hybridized carbons (Fsp3) is 0.500. The van der Waals surface area contributed by atoms with Crippen LogP contribution in [0.15, 0.2) is 18.2 Å². The molecule has 1 aliphatic rings. The molecule has 16 heavy (non-hydrogen) atoms. The first-order chi connectivity index (χ1) is 7.51. The van der Waals surface area contributed by atoms with Gasteiger partial charge in [-0.3, -0.25) is 0 Å². The van der Waals surface area contributed by atoms with Crippen LogP contribution in [-0.4, -0.2) is 6.04 Å². The van der Waals surface area contributed by atoms with E-state index in [0.717, 1.165) is 6.07 Å². The maximum Gasteiger partial charge on any atom is 0.138 e. The Hall–Kier alpha value is -0.670. The Balaban J connectivity index is 2.29. The van der Waals surface area contributed by atoms with E-state index in [1.54, 1.807) is 0 Å². The summed E-state index contributed by atoms with van der Waals surface area (Å²) in [6.45, 7) is 0. The van der Waals surface area contributed by atoms with Gasteiger partial charge in [-0.25, -0.2) is 8.78 Å². The fourth-order valence-electron chi connectivity index (χ4n) is 2.22. The van der Waals surface area contributed by atoms with Gasteiger partial charge in [0.2, 0.25) is 0 Å². The molecule has 1 saturated carbocycles. The molecule has 1 aromatic rings. The van der Waals surface area contributed by atoms with Gasteiger partial charge in [-0.05, 0) is 37.8 Å². The van der Waals surface area contributed by atoms with E-state index in [4.69, 9.17) is 17.3 Å². The molecule has 0 radical (unpaired) electrons. The molecule has 0 spiro atoms. The number of rotatable bonds is 1. The zero-order valence-corrected chi connectivity index (χ0v) is 9.61. The third kappa shape index (κ3) is 2.20. The lowest BCUT2D eigenvalue weighted by atomic mass is 9.79. The Kier molecular flexibility index (Phi) is 3.17. The summed E-state index contributed by atoms with van der Waals surface area (Å²) in [5, 5.41) is 0.289. The van der Waals surface area contributed by atoms with Gasteiger partial charge in [0.1, 0.15) is 11.5 Å². The maximum atomic E-state index is 14.5. The van der Waals surface area contributed by atoms with Crippen molar-refractivity contribution in [3.8, 4) is 0 Å². The lowest BCUT2D eigenvalue weighted by Crippen LogP contribution is -2.34. The molecule has 88 valence electrons. The van der Waals surface area contributed by atoms with Crippen LogP contribution in [0.25, 0.3) is 0 Å². The molecule has 2 rings (SSSR count). The number of halogens is 3. The van der Waals surface area contributed by atoms with Crippen molar-refractivity contribution in [2.45, 2.75) is 37.4 Å². The summed E-state index contributed by atoms with van der Waals surface area (Å²) in [6, 6.07) is 4.16. The number of hydrogen-bond donors (Lipinski definition) is 1. The monoisotopic (exact) mass is 245 g/mol. The second-order valence-electron chi connectivity index (χ2n) is 4.43. The standard InChI is InChI=1S/C12H14ClF2N/c13-8-1-2-10(11(14)7-8)12(15)5-3-9(16)4-6-12/h1-2,7,9H,3-6,16H2. The molecule has 0 amide bonds. The minimum Gasteiger partial charge on any atom is -0.328 e. The fourth-order valence-corrected chi connectivity index (χ4v) is 2.38. The Bertz CT molecular complexity index is 387. The molecule has 0 atom stereocenters. The molecule has 0 saturated heterocycles. The average molecular weight is 246 g/mol. The van der Waals surface area contributed by atoms with E-state index < -0.39 is 11.5 Å². The minimum absolute atomic E-state index is 0.0410. The molecule has 1 fully saturated rings. The van der Waals surface area contributed by atoms with Crippen LogP contribution >= 0.6 is 11.6 Å². The predicted octanol–water partition coefficient (Wildman–Crippen LogP) is 3.55. The number of nitrogens with two attached hydrogens (primary N) is 1. The van der Waals surface area contributed by atoms with E-state index in [9.17, 15) is 8.78 Å². The second-order valence-corrected chi connectivity index (χ2v) is 4.86. The second kappa shape index (κ2) is 4.30. The highest BCUT2D eigenvalue weighted by Crippen LogP contribution is 2.41. The quantitative estimate of drug-likeness (QED) is 0.805. The number of hydrogen-bond acceptors (Lipinski definition) is 1. The van der Waals surface area contributed by atoms with E-state index in [1.165, 1.54) is 12.1 Å². The summed E-state index contributed by atoms with van der Waals surface area (Å²) in [5.41, 5.74) is 4.25. The van der Waals surface area contributed by atoms with E-state index in [0.29, 0.717) is 12.8 Å². The minimum atomic E-state index is -1.58. The maximum absolute atomic E-state index is 14.5. The van der Waals surface area contributed by atoms with Crippen molar-refractivity contribution in [2.75, 3.05) is 0 Å². The highest BCUT2D eigenvalue weighted by Gasteiger charge is 2.37. The molecule has 1 aromatic carbocycles. The molecule has 0 aromatic heterocycles. The topological polar surface area (TPSA) is 26.0 Å². The van der Waals surface area contributed by atoms with Crippen LogP contribution in [0.1, 0.15) is 31.2 Å². The molecular weight excluding hydrogens is 232 g/mol. The predicted molar refractivity (Wildman–Crippen MR) is 60.6 cm³/mol. The van der Waals surface area contributed by atoms with Crippen LogP contribution in [0.5, 0.6) is 0 Å². The molecule has 0 heterocycles. The highest BCUT2D eigenvalue weighted by atomic mass is 35.5. The Morgan fingerprint density at radius 3 is 2.50 bits per heavy atom. The van der Waals surface area contributed by atoms with Crippen molar-refractivity contribution < 1.29 is 8.78 Å². The van der Waals surface area contributed by atoms with Crippen molar-refractivity contribution in [2.24, 2.45) is 5.73 Å². The van der Waals surface area contributed by atoms with E-state index in [1.807, 2.05) is 0 Å². The van der Waals surface area contributed by atoms with Crippen molar-refractivity contribution in [1.29, 1.82) is 0 Å². The van der Waals surface area contributed by atoms with Gasteiger partial charge in [0.15, 0.2) is 0 Å². The molecule has 4 heteroatoms. The smallest absolute Gasteiger partial charge is 0.138 e. The molecule has 1 aliphatic carbocycles. The molecule has 0 unspecified atom stereocenters. The third-order valence-electron chi connectivity index (χ3n) is 3.24. The molecule has 1 nitrogen and oxygen atoms in total. The lowest BCUT2D eigenvalue weighted by molar-refractivity contribution is 0.0935. The first-order valence-corrected chi connectivity index (χ1v) is 5.79. The summed E-state index contributed by atoms with van der Waals surface area (Å²) in [7, 11) is 0. The van der Waals surface area contributed by atoms with Gasteiger partial charge in [-0.15, -0.1) is 0 Å². The van der Waals surface area contributed by atoms with Crippen LogP contribution in [0, 0.1) is 5.82 Å². The zero-order chi connectivity index (χ0) is 11.8. The summed E-state index contributed by atoms with van der Waals surface area (Å²) in [5.74, 6) is -0.564. The van der Waals surface area contributed by atoms with E-state index >= 15 is 0 Å². The van der Waals surface area contributed by atoms with Crippen molar-refractivity contribution >= 4 is 11.6 Å². The highest BCUT2D eigenvalue weighted by molar-refractivity contribution is 6.30. The summed E-state index contributed by atoms with van der Waals surface area (Å²) in [6.07, 6.45) is 1.76. The third-order valence-corrected chi connectivity index (χ3v) is 3.47. The van der Waals surface area contributed by atoms with Gasteiger partial charge < -0.3 is 5.73 Å². The van der Waals surface area contributed by atoms with Crippen molar-refractivity contribution in [3.63, 3.8) is 0 Å². The van der Waals surface area contributed by atoms with Crippen LogP contribution in [0.3, 0.4) is 0 Å². The molecular formula is C12H14ClF2N. The van der Waals surface area contributed by atoms with Gasteiger partial charge in [-0.1, -0.05) is 17.7 Å². The van der Waals surface area contributed by atoms with Gasteiger partial charge in [-0.2, -0.15) is 0 Å². The summed E-state index contributed by atoms with van der Waals surface area (Å²) < 4.78 is 28.2. The van der Waals surface area contributed by atoms with E-state index in [-0.39, 0.29) is 29.5 Å². The largest absolute Gasteiger partial charge is 0.328 e. The molecule has 0 bridgehead atoms. The summed E-state index contributed by atoms with van der Waals surface area (Å²) in [4.78, 5) is 0. The van der Waals surface area contributed by atoms with Crippen LogP contribution in [0.2, 0.25) is 5.02 Å². The van der Waals surface area contributed by atoms with Crippen molar-refractivity contribution in [1.82, 2.24) is 0 Å². The number of alkyl halides is 1. The van der Waals surface area contributed by atoms with E-state index in [2.05, 4.69) is 0 Å². The average Bonchev–Trinajstić information content (AvgIpc) is 2.22. The van der Waals surface area contributed by atoms with Gasteiger partial charge in [0.25, 0.3) is 0 Å². The normalized spacial score (nSPS) is 30.4.